The third-order valence-corrected chi connectivity index (χ3v) is 6.99. The second kappa shape index (κ2) is 10.2. The van der Waals surface area contributed by atoms with Crippen LogP contribution in [0.5, 0.6) is 5.75 Å². The van der Waals surface area contributed by atoms with Gasteiger partial charge in [0, 0.05) is 36.6 Å². The van der Waals surface area contributed by atoms with Crippen molar-refractivity contribution in [2.24, 2.45) is 7.05 Å². The van der Waals surface area contributed by atoms with Crippen LogP contribution in [0.1, 0.15) is 42.7 Å². The lowest BCUT2D eigenvalue weighted by Crippen LogP contribution is -2.31. The third kappa shape index (κ3) is 5.32. The van der Waals surface area contributed by atoms with Crippen LogP contribution >= 0.6 is 0 Å². The number of rotatable bonds is 7. The van der Waals surface area contributed by atoms with Crippen molar-refractivity contribution in [3.63, 3.8) is 0 Å². The van der Waals surface area contributed by atoms with Gasteiger partial charge in [-0.2, -0.15) is 5.10 Å². The maximum atomic E-state index is 13.4. The molecule has 0 atom stereocenters. The fourth-order valence-corrected chi connectivity index (χ4v) is 5.03. The lowest BCUT2D eigenvalue weighted by molar-refractivity contribution is 0.406. The van der Waals surface area contributed by atoms with Gasteiger partial charge in [0.05, 0.1) is 19.9 Å². The molecule has 1 saturated carbocycles. The third-order valence-electron chi connectivity index (χ3n) is 6.99. The number of anilines is 1. The van der Waals surface area contributed by atoms with E-state index in [-0.39, 0.29) is 11.6 Å². The smallest absolute Gasteiger partial charge is 0.274 e. The van der Waals surface area contributed by atoms with Gasteiger partial charge in [-0.3, -0.25) is 9.48 Å². The normalized spacial score (nSPS) is 17.8. The van der Waals surface area contributed by atoms with Crippen molar-refractivity contribution >= 4 is 5.69 Å². The highest BCUT2D eigenvalue weighted by molar-refractivity contribution is 5.65. The van der Waals surface area contributed by atoms with E-state index in [1.165, 1.54) is 5.56 Å². The van der Waals surface area contributed by atoms with Gasteiger partial charge < -0.3 is 14.6 Å². The van der Waals surface area contributed by atoms with Crippen molar-refractivity contribution in [1.82, 2.24) is 14.3 Å². The average Bonchev–Trinajstić information content (AvgIpc) is 3.34. The Morgan fingerprint density at radius 2 is 1.71 bits per heavy atom. The zero-order valence-corrected chi connectivity index (χ0v) is 20.4. The molecule has 1 aliphatic carbocycles. The molecule has 6 nitrogen and oxygen atoms in total. The second-order valence-corrected chi connectivity index (χ2v) is 9.43. The molecule has 180 valence electrons. The van der Waals surface area contributed by atoms with Gasteiger partial charge in [0.2, 0.25) is 0 Å². The highest BCUT2D eigenvalue weighted by Crippen LogP contribution is 2.34. The molecular weight excluding hydrogens is 436 g/mol. The lowest BCUT2D eigenvalue weighted by Gasteiger charge is -2.30. The van der Waals surface area contributed by atoms with E-state index in [0.29, 0.717) is 18.2 Å². The second-order valence-electron chi connectivity index (χ2n) is 9.43. The molecule has 0 radical (unpaired) electrons. The van der Waals surface area contributed by atoms with E-state index in [1.54, 1.807) is 11.8 Å². The Morgan fingerprint density at radius 3 is 2.37 bits per heavy atom. The fourth-order valence-electron chi connectivity index (χ4n) is 5.03. The van der Waals surface area contributed by atoms with Crippen LogP contribution in [0.2, 0.25) is 0 Å². The first kappa shape index (κ1) is 23.0. The van der Waals surface area contributed by atoms with Gasteiger partial charge in [-0.25, -0.2) is 0 Å². The number of aromatic nitrogens is 3. The first-order valence-corrected chi connectivity index (χ1v) is 12.3. The van der Waals surface area contributed by atoms with E-state index in [9.17, 15) is 4.79 Å². The molecule has 1 fully saturated rings. The molecule has 0 spiro atoms. The molecule has 0 aliphatic heterocycles. The Morgan fingerprint density at radius 1 is 0.971 bits per heavy atom. The molecule has 2 aromatic heterocycles. The molecule has 1 N–H and O–H groups in total. The summed E-state index contributed by atoms with van der Waals surface area (Å²) in [6.07, 6.45) is 10.0. The molecule has 2 heterocycles. The number of hydrogen-bond acceptors (Lipinski definition) is 4. The van der Waals surface area contributed by atoms with Gasteiger partial charge >= 0.3 is 0 Å². The highest BCUT2D eigenvalue weighted by Gasteiger charge is 2.23. The number of methoxy groups -OCH3 is 1. The van der Waals surface area contributed by atoms with Crippen LogP contribution in [0.25, 0.3) is 11.1 Å². The minimum absolute atomic E-state index is 0.0128. The summed E-state index contributed by atoms with van der Waals surface area (Å²) in [5.74, 6) is 1.44. The minimum Gasteiger partial charge on any atom is -0.497 e. The average molecular weight is 469 g/mol. The van der Waals surface area contributed by atoms with Crippen LogP contribution in [0.3, 0.4) is 0 Å². The van der Waals surface area contributed by atoms with Crippen molar-refractivity contribution in [3.05, 3.63) is 101 Å². The van der Waals surface area contributed by atoms with Crippen LogP contribution in [0.4, 0.5) is 5.69 Å². The SMILES string of the molecule is COc1ccc([C@H]2CC[C@@H](Nc3cc(-c4cnn(C)c4)cn(Cc4ccccc4)c3=O)CC2)cc1. The topological polar surface area (TPSA) is 61.1 Å². The fraction of sp³-hybridized carbons (Fsp3) is 0.310. The van der Waals surface area contributed by atoms with Crippen molar-refractivity contribution in [2.45, 2.75) is 44.2 Å². The number of nitrogens with zero attached hydrogens (tertiary/aromatic N) is 3. The lowest BCUT2D eigenvalue weighted by atomic mass is 9.81. The van der Waals surface area contributed by atoms with E-state index in [1.807, 2.05) is 66.6 Å². The molecule has 0 bridgehead atoms. The van der Waals surface area contributed by atoms with Crippen LogP contribution in [0.15, 0.2) is 84.0 Å². The van der Waals surface area contributed by atoms with Gasteiger partial charge in [0.25, 0.3) is 5.56 Å². The zero-order valence-electron chi connectivity index (χ0n) is 20.4. The number of pyridine rings is 1. The molecule has 0 amide bonds. The number of benzene rings is 2. The van der Waals surface area contributed by atoms with Gasteiger partial charge in [0.15, 0.2) is 0 Å². The summed E-state index contributed by atoms with van der Waals surface area (Å²) in [7, 11) is 3.60. The highest BCUT2D eigenvalue weighted by atomic mass is 16.5. The van der Waals surface area contributed by atoms with Crippen LogP contribution in [-0.4, -0.2) is 27.5 Å². The zero-order chi connectivity index (χ0) is 24.2. The van der Waals surface area contributed by atoms with Crippen LogP contribution in [0, 0.1) is 0 Å². The van der Waals surface area contributed by atoms with Gasteiger partial charge in [-0.05, 0) is 60.9 Å². The first-order valence-electron chi connectivity index (χ1n) is 12.3. The quantitative estimate of drug-likeness (QED) is 0.392. The van der Waals surface area contributed by atoms with Crippen LogP contribution < -0.4 is 15.6 Å². The van der Waals surface area contributed by atoms with E-state index >= 15 is 0 Å². The maximum absolute atomic E-state index is 13.4. The maximum Gasteiger partial charge on any atom is 0.274 e. The number of nitrogens with one attached hydrogen (secondary N) is 1. The van der Waals surface area contributed by atoms with Crippen molar-refractivity contribution < 1.29 is 4.74 Å². The van der Waals surface area contributed by atoms with E-state index in [2.05, 4.69) is 34.7 Å². The Labute approximate surface area is 206 Å². The standard InChI is InChI=1S/C29H32N4O2/c1-32-19-25(17-30-32)24-16-28(29(34)33(20-24)18-21-6-4-3-5-7-21)31-26-12-8-22(9-13-26)23-10-14-27(35-2)15-11-23/h3-7,10-11,14-17,19-20,22,26,31H,8-9,12-13,18H2,1-2H3/t22-,26+. The van der Waals surface area contributed by atoms with Crippen molar-refractivity contribution in [1.29, 1.82) is 0 Å². The van der Waals surface area contributed by atoms with Gasteiger partial charge in [-0.1, -0.05) is 42.5 Å². The van der Waals surface area contributed by atoms with Gasteiger partial charge in [0.1, 0.15) is 11.4 Å². The monoisotopic (exact) mass is 468 g/mol. The number of aryl methyl sites for hydroxylation is 1. The van der Waals surface area contributed by atoms with E-state index < -0.39 is 0 Å². The van der Waals surface area contributed by atoms with Crippen molar-refractivity contribution in [3.8, 4) is 16.9 Å². The first-order chi connectivity index (χ1) is 17.1. The molecule has 2 aromatic carbocycles. The van der Waals surface area contributed by atoms with E-state index in [4.69, 9.17) is 4.74 Å². The number of hydrogen-bond donors (Lipinski definition) is 1. The summed E-state index contributed by atoms with van der Waals surface area (Å²) in [5, 5.41) is 7.93. The molecule has 5 rings (SSSR count). The predicted molar refractivity (Wildman–Crippen MR) is 140 cm³/mol. The Bertz CT molecular complexity index is 1320. The summed E-state index contributed by atoms with van der Waals surface area (Å²) in [4.78, 5) is 13.4. The van der Waals surface area contributed by atoms with Crippen LogP contribution in [-0.2, 0) is 13.6 Å². The van der Waals surface area contributed by atoms with Crippen molar-refractivity contribution in [2.75, 3.05) is 12.4 Å². The molecule has 0 unspecified atom stereocenters. The summed E-state index contributed by atoms with van der Waals surface area (Å²) in [6, 6.07) is 20.8. The molecule has 1 aliphatic rings. The molecular formula is C29H32N4O2. The number of ether oxygens (including phenoxy) is 1. The summed E-state index contributed by atoms with van der Waals surface area (Å²) >= 11 is 0. The van der Waals surface area contributed by atoms with Gasteiger partial charge in [-0.15, -0.1) is 0 Å². The molecule has 6 heteroatoms. The summed E-state index contributed by atoms with van der Waals surface area (Å²) in [5.41, 5.74) is 5.13. The Balaban J connectivity index is 1.35. The summed E-state index contributed by atoms with van der Waals surface area (Å²) < 4.78 is 8.89. The van der Waals surface area contributed by atoms with E-state index in [0.717, 1.165) is 48.1 Å². The molecule has 35 heavy (non-hydrogen) atoms. The molecule has 4 aromatic rings. The Kier molecular flexibility index (Phi) is 6.70. The summed E-state index contributed by atoms with van der Waals surface area (Å²) in [6.45, 7) is 0.534. The largest absolute Gasteiger partial charge is 0.497 e. The molecule has 0 saturated heterocycles. The Hall–Kier alpha value is -3.80. The minimum atomic E-state index is 0.0128. The predicted octanol–water partition coefficient (Wildman–Crippen LogP) is 5.44.